The van der Waals surface area contributed by atoms with E-state index in [1.165, 1.54) is 5.56 Å². The van der Waals surface area contributed by atoms with Crippen molar-refractivity contribution in [3.8, 4) is 5.75 Å². The maximum atomic E-state index is 5.69. The summed E-state index contributed by atoms with van der Waals surface area (Å²) in [6, 6.07) is 6.59. The van der Waals surface area contributed by atoms with Crippen LogP contribution in [0.2, 0.25) is 0 Å². The molecule has 0 saturated heterocycles. The topological polar surface area (TPSA) is 21.3 Å². The zero-order chi connectivity index (χ0) is 12.7. The number of hydrogen-bond acceptors (Lipinski definition) is 2. The van der Waals surface area contributed by atoms with E-state index in [9.17, 15) is 0 Å². The van der Waals surface area contributed by atoms with Crippen molar-refractivity contribution in [1.82, 2.24) is 5.32 Å². The van der Waals surface area contributed by atoms with E-state index in [1.807, 2.05) is 19.1 Å². The lowest BCUT2D eigenvalue weighted by molar-refractivity contribution is 0.330. The fourth-order valence-corrected chi connectivity index (χ4v) is 2.25. The third kappa shape index (κ3) is 4.32. The summed E-state index contributed by atoms with van der Waals surface area (Å²) in [6.45, 7) is 8.15. The van der Waals surface area contributed by atoms with Crippen molar-refractivity contribution in [2.45, 2.75) is 39.7 Å². The molecule has 96 valence electrons. The second kappa shape index (κ2) is 7.72. The van der Waals surface area contributed by atoms with Gasteiger partial charge in [0.05, 0.1) is 6.61 Å². The summed E-state index contributed by atoms with van der Waals surface area (Å²) >= 11 is 3.53. The summed E-state index contributed by atoms with van der Waals surface area (Å²) in [5.41, 5.74) is 1.25. The molecule has 17 heavy (non-hydrogen) atoms. The summed E-state index contributed by atoms with van der Waals surface area (Å²) in [4.78, 5) is 0. The predicted octanol–water partition coefficient (Wildman–Crippen LogP) is 4.30. The van der Waals surface area contributed by atoms with Crippen LogP contribution in [0.25, 0.3) is 0 Å². The second-order valence-corrected chi connectivity index (χ2v) is 4.95. The molecule has 0 aliphatic heterocycles. The summed E-state index contributed by atoms with van der Waals surface area (Å²) in [5.74, 6) is 0.992. The number of nitrogens with one attached hydrogen (secondary N) is 1. The molecule has 1 unspecified atom stereocenters. The maximum absolute atomic E-state index is 5.69. The van der Waals surface area contributed by atoms with E-state index < -0.39 is 0 Å². The molecule has 0 aromatic heterocycles. The molecule has 0 spiro atoms. The van der Waals surface area contributed by atoms with Crippen molar-refractivity contribution < 1.29 is 4.74 Å². The molecule has 0 fully saturated rings. The Morgan fingerprint density at radius 1 is 1.29 bits per heavy atom. The number of hydrogen-bond donors (Lipinski definition) is 1. The Morgan fingerprint density at radius 2 is 2.06 bits per heavy atom. The van der Waals surface area contributed by atoms with Gasteiger partial charge in [-0.3, -0.25) is 0 Å². The normalized spacial score (nSPS) is 12.5. The van der Waals surface area contributed by atoms with E-state index in [0.717, 1.165) is 29.6 Å². The molecule has 1 aromatic carbocycles. The predicted molar refractivity (Wildman–Crippen MR) is 76.6 cm³/mol. The van der Waals surface area contributed by atoms with Gasteiger partial charge in [0.15, 0.2) is 0 Å². The van der Waals surface area contributed by atoms with E-state index in [4.69, 9.17) is 4.74 Å². The Bertz CT molecular complexity index is 341. The zero-order valence-corrected chi connectivity index (χ0v) is 12.5. The Morgan fingerprint density at radius 3 is 2.65 bits per heavy atom. The van der Waals surface area contributed by atoms with Crippen molar-refractivity contribution in [2.75, 3.05) is 13.2 Å². The molecule has 0 bridgehead atoms. The van der Waals surface area contributed by atoms with Gasteiger partial charge in [-0.05, 0) is 44.5 Å². The highest BCUT2D eigenvalue weighted by Gasteiger charge is 2.14. The molecule has 1 aromatic rings. The lowest BCUT2D eigenvalue weighted by Crippen LogP contribution is -2.22. The largest absolute Gasteiger partial charge is 0.494 e. The van der Waals surface area contributed by atoms with Crippen LogP contribution in [-0.4, -0.2) is 13.2 Å². The molecule has 0 heterocycles. The highest BCUT2D eigenvalue weighted by atomic mass is 79.9. The molecule has 0 aliphatic carbocycles. The van der Waals surface area contributed by atoms with Gasteiger partial charge in [-0.25, -0.2) is 0 Å². The number of ether oxygens (including phenoxy) is 1. The molecular weight excluding hydrogens is 278 g/mol. The van der Waals surface area contributed by atoms with Gasteiger partial charge in [0, 0.05) is 16.1 Å². The van der Waals surface area contributed by atoms with Crippen molar-refractivity contribution in [3.05, 3.63) is 28.2 Å². The highest BCUT2D eigenvalue weighted by Crippen LogP contribution is 2.30. The molecule has 2 nitrogen and oxygen atoms in total. The Hall–Kier alpha value is -0.540. The molecule has 0 saturated carbocycles. The molecule has 0 amide bonds. The van der Waals surface area contributed by atoms with Gasteiger partial charge in [0.25, 0.3) is 0 Å². The zero-order valence-electron chi connectivity index (χ0n) is 10.9. The first-order chi connectivity index (χ1) is 8.22. The Labute approximate surface area is 113 Å². The van der Waals surface area contributed by atoms with Crippen LogP contribution >= 0.6 is 15.9 Å². The summed E-state index contributed by atoms with van der Waals surface area (Å²) in [5, 5.41) is 3.56. The molecule has 1 atom stereocenters. The van der Waals surface area contributed by atoms with E-state index in [1.54, 1.807) is 0 Å². The third-order valence-electron chi connectivity index (χ3n) is 2.70. The van der Waals surface area contributed by atoms with Gasteiger partial charge in [0.2, 0.25) is 0 Å². The quantitative estimate of drug-likeness (QED) is 0.810. The van der Waals surface area contributed by atoms with E-state index >= 15 is 0 Å². The SMILES string of the molecule is CCCNC(CC)c1cc(Br)ccc1OCC. The lowest BCUT2D eigenvalue weighted by atomic mass is 10.0. The molecule has 0 aliphatic rings. The standard InChI is InChI=1S/C14H22BrNO/c1-4-9-16-13(5-2)12-10-11(15)7-8-14(12)17-6-3/h7-8,10,13,16H,4-6,9H2,1-3H3. The van der Waals surface area contributed by atoms with E-state index in [-0.39, 0.29) is 0 Å². The molecular formula is C14H22BrNO. The van der Waals surface area contributed by atoms with Crippen LogP contribution < -0.4 is 10.1 Å². The van der Waals surface area contributed by atoms with Gasteiger partial charge < -0.3 is 10.1 Å². The summed E-state index contributed by atoms with van der Waals surface area (Å²) < 4.78 is 6.80. The van der Waals surface area contributed by atoms with Crippen LogP contribution in [0.4, 0.5) is 0 Å². The maximum Gasteiger partial charge on any atom is 0.124 e. The van der Waals surface area contributed by atoms with Crippen molar-refractivity contribution in [3.63, 3.8) is 0 Å². The highest BCUT2D eigenvalue weighted by molar-refractivity contribution is 9.10. The van der Waals surface area contributed by atoms with Gasteiger partial charge in [-0.15, -0.1) is 0 Å². The summed E-state index contributed by atoms with van der Waals surface area (Å²) in [7, 11) is 0. The molecule has 1 N–H and O–H groups in total. The van der Waals surface area contributed by atoms with Crippen LogP contribution in [0, 0.1) is 0 Å². The fraction of sp³-hybridized carbons (Fsp3) is 0.571. The van der Waals surface area contributed by atoms with Crippen LogP contribution in [-0.2, 0) is 0 Å². The van der Waals surface area contributed by atoms with Crippen LogP contribution in [0.15, 0.2) is 22.7 Å². The van der Waals surface area contributed by atoms with Crippen molar-refractivity contribution in [1.29, 1.82) is 0 Å². The number of halogens is 1. The minimum Gasteiger partial charge on any atom is -0.494 e. The molecule has 0 radical (unpaired) electrons. The van der Waals surface area contributed by atoms with Crippen molar-refractivity contribution in [2.24, 2.45) is 0 Å². The molecule has 3 heteroatoms. The van der Waals surface area contributed by atoms with Crippen LogP contribution in [0.3, 0.4) is 0 Å². The van der Waals surface area contributed by atoms with Gasteiger partial charge in [-0.2, -0.15) is 0 Å². The monoisotopic (exact) mass is 299 g/mol. The van der Waals surface area contributed by atoms with Gasteiger partial charge in [-0.1, -0.05) is 29.8 Å². The number of benzene rings is 1. The lowest BCUT2D eigenvalue weighted by Gasteiger charge is -2.20. The number of rotatable bonds is 7. The minimum absolute atomic E-state index is 0.369. The van der Waals surface area contributed by atoms with E-state index in [2.05, 4.69) is 41.2 Å². The summed E-state index contributed by atoms with van der Waals surface area (Å²) in [6.07, 6.45) is 2.21. The first-order valence-electron chi connectivity index (χ1n) is 6.38. The molecule has 1 rings (SSSR count). The van der Waals surface area contributed by atoms with Crippen molar-refractivity contribution >= 4 is 15.9 Å². The average molecular weight is 300 g/mol. The second-order valence-electron chi connectivity index (χ2n) is 4.03. The van der Waals surface area contributed by atoms with Gasteiger partial charge >= 0.3 is 0 Å². The van der Waals surface area contributed by atoms with Crippen LogP contribution in [0.1, 0.15) is 45.2 Å². The minimum atomic E-state index is 0.369. The third-order valence-corrected chi connectivity index (χ3v) is 3.19. The smallest absolute Gasteiger partial charge is 0.124 e. The van der Waals surface area contributed by atoms with Gasteiger partial charge in [0.1, 0.15) is 5.75 Å². The fourth-order valence-electron chi connectivity index (χ4n) is 1.87. The first-order valence-corrected chi connectivity index (χ1v) is 7.17. The Balaban J connectivity index is 2.93. The Kier molecular flexibility index (Phi) is 6.60. The van der Waals surface area contributed by atoms with Crippen LogP contribution in [0.5, 0.6) is 5.75 Å². The first kappa shape index (κ1) is 14.5. The average Bonchev–Trinajstić information content (AvgIpc) is 2.33. The van der Waals surface area contributed by atoms with E-state index in [0.29, 0.717) is 12.6 Å².